The molecule has 0 atom stereocenters. The predicted molar refractivity (Wildman–Crippen MR) is 200 cm³/mol. The van der Waals surface area contributed by atoms with E-state index in [1.165, 1.54) is 66.8 Å². The number of hydrogen-bond acceptors (Lipinski definition) is 9. The van der Waals surface area contributed by atoms with Crippen molar-refractivity contribution >= 4 is 30.4 Å². The second-order valence-corrected chi connectivity index (χ2v) is 21.8. The van der Waals surface area contributed by atoms with E-state index in [1.807, 2.05) is 0 Å². The molecule has 53 heavy (non-hydrogen) atoms. The smallest absolute Gasteiger partial charge is 0.357 e. The van der Waals surface area contributed by atoms with E-state index in [2.05, 4.69) is 90.1 Å². The molecule has 0 saturated carbocycles. The van der Waals surface area contributed by atoms with Gasteiger partial charge in [-0.15, -0.1) is 0 Å². The minimum Gasteiger partial charge on any atom is -0.744 e. The zero-order valence-electron chi connectivity index (χ0n) is 30.7. The normalized spacial score (nSPS) is 12.4. The summed E-state index contributed by atoms with van der Waals surface area (Å²) < 4.78 is 97.7. The van der Waals surface area contributed by atoms with Crippen molar-refractivity contribution in [2.45, 2.75) is 80.9 Å². The topological polar surface area (TPSA) is 144 Å². The zero-order valence-corrected chi connectivity index (χ0v) is 35.4. The largest absolute Gasteiger partial charge is 0.744 e. The van der Waals surface area contributed by atoms with Gasteiger partial charge < -0.3 is 12.9 Å². The highest BCUT2D eigenvalue weighted by molar-refractivity contribution is 7.87. The average Bonchev–Trinajstić information content (AvgIpc) is 3.05. The zero-order chi connectivity index (χ0) is 39.4. The van der Waals surface area contributed by atoms with Crippen LogP contribution in [0.4, 0.5) is 0 Å². The van der Waals surface area contributed by atoms with E-state index < -0.39 is 46.7 Å². The quantitative estimate of drug-likeness (QED) is 0.112. The first kappa shape index (κ1) is 42.0. The summed E-state index contributed by atoms with van der Waals surface area (Å²) in [7, 11) is -14.1. The van der Waals surface area contributed by atoms with Crippen molar-refractivity contribution in [3.8, 4) is 11.5 Å². The molecule has 5 aromatic carbocycles. The van der Waals surface area contributed by atoms with Crippen LogP contribution < -0.4 is 29.6 Å². The van der Waals surface area contributed by atoms with E-state index in [-0.39, 0.29) is 41.8 Å². The van der Waals surface area contributed by atoms with Crippen molar-refractivity contribution in [2.75, 3.05) is 0 Å². The first-order valence-electron chi connectivity index (χ1n) is 16.4. The SMILES string of the molecule is CC(C)(C)c1ccc([I+]c2ccc(C(C)(C)C)cc2)cc1.Cc1ccc(S(=O)(=O)Oc2ccc(OS(=O)(=O)c3ccc(C)cc3)c(S(=O)(=O)[O-])c2)cc1. The molecule has 0 radical (unpaired) electrons. The summed E-state index contributed by atoms with van der Waals surface area (Å²) in [4.78, 5) is -1.55. The summed E-state index contributed by atoms with van der Waals surface area (Å²) in [5.74, 6) is -1.30. The van der Waals surface area contributed by atoms with Crippen molar-refractivity contribution < 1.29 is 59.4 Å². The molecule has 13 heteroatoms. The molecule has 0 spiro atoms. The lowest BCUT2D eigenvalue weighted by Crippen LogP contribution is -3.61. The highest BCUT2D eigenvalue weighted by Crippen LogP contribution is 2.32. The Morgan fingerprint density at radius 3 is 1.25 bits per heavy atom. The Kier molecular flexibility index (Phi) is 12.9. The monoisotopic (exact) mass is 890 g/mol. The van der Waals surface area contributed by atoms with Crippen molar-refractivity contribution in [2.24, 2.45) is 0 Å². The fourth-order valence-corrected chi connectivity index (χ4v) is 9.40. The predicted octanol–water partition coefficient (Wildman–Crippen LogP) is 5.15. The lowest BCUT2D eigenvalue weighted by atomic mass is 9.87. The van der Waals surface area contributed by atoms with Gasteiger partial charge in [0.05, 0.1) is 0 Å². The van der Waals surface area contributed by atoms with Gasteiger partial charge in [-0.05, 0) is 96.5 Å². The van der Waals surface area contributed by atoms with Crippen molar-refractivity contribution in [3.05, 3.63) is 145 Å². The summed E-state index contributed by atoms with van der Waals surface area (Å²) in [5.41, 5.74) is 4.90. The minimum absolute atomic E-state index is 0.0703. The maximum absolute atomic E-state index is 12.5. The van der Waals surface area contributed by atoms with E-state index in [0.717, 1.165) is 23.3 Å². The van der Waals surface area contributed by atoms with Crippen LogP contribution >= 0.6 is 0 Å². The summed E-state index contributed by atoms with van der Waals surface area (Å²) >= 11 is -0.0703. The standard InChI is InChI=1S/C20H26I.C20H18O9S3/c1-19(2,3)15-7-11-17(12-8-15)21-18-13-9-16(10-14-18)20(4,5)6;1-14-3-8-17(9-4-14)31(24,25)28-16-7-12-19(20(13-16)30(21,22)23)29-32(26,27)18-10-5-15(2)6-11-18/h7-14H,1-6H3;3-13H,1-2H3,(H,21,22,23)/q+1;/p-1. The van der Waals surface area contributed by atoms with Gasteiger partial charge in [-0.1, -0.05) is 101 Å². The van der Waals surface area contributed by atoms with Crippen LogP contribution in [0, 0.1) is 21.0 Å². The summed E-state index contributed by atoms with van der Waals surface area (Å²) in [6.45, 7) is 17.1. The number of halogens is 1. The second-order valence-electron chi connectivity index (χ2n) is 14.4. The molecular formula is C40H43IO9S3. The van der Waals surface area contributed by atoms with Crippen LogP contribution in [-0.4, -0.2) is 29.8 Å². The lowest BCUT2D eigenvalue weighted by Gasteiger charge is -2.18. The molecule has 0 aromatic heterocycles. The van der Waals surface area contributed by atoms with Gasteiger partial charge >= 0.3 is 41.4 Å². The third-order valence-corrected chi connectivity index (χ3v) is 13.9. The van der Waals surface area contributed by atoms with Crippen LogP contribution in [0.1, 0.15) is 63.8 Å². The van der Waals surface area contributed by atoms with E-state index >= 15 is 0 Å². The molecule has 0 saturated heterocycles. The van der Waals surface area contributed by atoms with Gasteiger partial charge in [0.1, 0.15) is 30.6 Å². The van der Waals surface area contributed by atoms with Crippen LogP contribution in [0.15, 0.2) is 130 Å². The van der Waals surface area contributed by atoms with Gasteiger partial charge in [-0.25, -0.2) is 8.42 Å². The number of hydrogen-bond donors (Lipinski definition) is 0. The third kappa shape index (κ3) is 11.9. The molecule has 0 aliphatic carbocycles. The summed E-state index contributed by atoms with van der Waals surface area (Å²) in [6.07, 6.45) is 0. The van der Waals surface area contributed by atoms with Crippen LogP contribution in [0.3, 0.4) is 0 Å². The number of aryl methyl sites for hydroxylation is 2. The van der Waals surface area contributed by atoms with Crippen molar-refractivity contribution in [1.29, 1.82) is 0 Å². The second kappa shape index (κ2) is 16.3. The molecule has 282 valence electrons. The Hall–Kier alpha value is -3.76. The Bertz CT molecular complexity index is 2300. The fraction of sp³-hybridized carbons (Fsp3) is 0.250. The Morgan fingerprint density at radius 2 is 0.887 bits per heavy atom. The summed E-state index contributed by atoms with van der Waals surface area (Å²) in [6, 6.07) is 32.0. The molecule has 0 amide bonds. The van der Waals surface area contributed by atoms with E-state index in [4.69, 9.17) is 8.37 Å². The Labute approximate surface area is 324 Å². The maximum atomic E-state index is 12.5. The molecule has 0 aliphatic rings. The van der Waals surface area contributed by atoms with Gasteiger partial charge in [0.15, 0.2) is 12.9 Å². The van der Waals surface area contributed by atoms with Crippen molar-refractivity contribution in [3.63, 3.8) is 0 Å². The minimum atomic E-state index is -5.26. The molecule has 5 rings (SSSR count). The van der Waals surface area contributed by atoms with Gasteiger partial charge in [0, 0.05) is 6.07 Å². The molecule has 0 heterocycles. The molecule has 0 bridgehead atoms. The Balaban J connectivity index is 0.000000258. The van der Waals surface area contributed by atoms with Crippen LogP contribution in [0.2, 0.25) is 0 Å². The van der Waals surface area contributed by atoms with Gasteiger partial charge in [-0.3, -0.25) is 0 Å². The van der Waals surface area contributed by atoms with Crippen LogP contribution in [0.25, 0.3) is 0 Å². The van der Waals surface area contributed by atoms with Crippen molar-refractivity contribution in [1.82, 2.24) is 0 Å². The fourth-order valence-electron chi connectivity index (χ4n) is 4.71. The number of rotatable bonds is 9. The van der Waals surface area contributed by atoms with Crippen LogP contribution in [0.5, 0.6) is 11.5 Å². The maximum Gasteiger partial charge on any atom is 0.357 e. The molecule has 0 fully saturated rings. The van der Waals surface area contributed by atoms with E-state index in [9.17, 15) is 29.8 Å². The molecule has 0 N–H and O–H groups in total. The Morgan fingerprint density at radius 1 is 0.509 bits per heavy atom. The average molecular weight is 891 g/mol. The third-order valence-electron chi connectivity index (χ3n) is 7.85. The molecule has 0 aliphatic heterocycles. The van der Waals surface area contributed by atoms with Crippen LogP contribution in [-0.2, 0) is 41.2 Å². The lowest BCUT2D eigenvalue weighted by molar-refractivity contribution is -0.597. The molecule has 0 unspecified atom stereocenters. The van der Waals surface area contributed by atoms with Gasteiger partial charge in [0.2, 0.25) is 0 Å². The van der Waals surface area contributed by atoms with E-state index in [1.54, 1.807) is 13.8 Å². The summed E-state index contributed by atoms with van der Waals surface area (Å²) in [5, 5.41) is 0. The molecule has 5 aromatic rings. The molecule has 9 nitrogen and oxygen atoms in total. The van der Waals surface area contributed by atoms with Gasteiger partial charge in [0.25, 0.3) is 0 Å². The first-order valence-corrected chi connectivity index (χ1v) is 22.8. The van der Waals surface area contributed by atoms with Gasteiger partial charge in [-0.2, -0.15) is 16.8 Å². The highest BCUT2D eigenvalue weighted by Gasteiger charge is 2.24. The first-order chi connectivity index (χ1) is 24.4. The molecular weight excluding hydrogens is 848 g/mol. The van der Waals surface area contributed by atoms with E-state index in [0.29, 0.717) is 6.07 Å². The highest BCUT2D eigenvalue weighted by atomic mass is 127. The number of benzene rings is 5.